The summed E-state index contributed by atoms with van der Waals surface area (Å²) in [6.07, 6.45) is 6.00. The fourth-order valence-corrected chi connectivity index (χ4v) is 1.55. The molecule has 0 aliphatic heterocycles. The summed E-state index contributed by atoms with van der Waals surface area (Å²) in [7, 11) is 0. The molecule has 1 aromatic heterocycles. The monoisotopic (exact) mass is 201 g/mol. The van der Waals surface area contributed by atoms with E-state index in [4.69, 9.17) is 5.11 Å². The Hall–Kier alpha value is -1.87. The Kier molecular flexibility index (Phi) is 2.65. The van der Waals surface area contributed by atoms with Crippen molar-refractivity contribution >= 4 is 23.3 Å². The van der Waals surface area contributed by atoms with Gasteiger partial charge in [0, 0.05) is 22.7 Å². The van der Waals surface area contributed by atoms with E-state index in [-0.39, 0.29) is 6.61 Å². The molecule has 0 aliphatic carbocycles. The fourth-order valence-electron chi connectivity index (χ4n) is 1.55. The Morgan fingerprint density at radius 3 is 3.00 bits per heavy atom. The van der Waals surface area contributed by atoms with Crippen LogP contribution in [-0.2, 0) is 0 Å². The first kappa shape index (κ1) is 9.68. The zero-order valence-corrected chi connectivity index (χ0v) is 8.10. The highest BCUT2D eigenvalue weighted by Crippen LogP contribution is 2.19. The molecule has 0 aliphatic rings. The van der Waals surface area contributed by atoms with E-state index < -0.39 is 0 Å². The average Bonchev–Trinajstić information content (AvgIpc) is 2.68. The third-order valence-electron chi connectivity index (χ3n) is 2.28. The maximum atomic E-state index is 10.7. The van der Waals surface area contributed by atoms with Crippen molar-refractivity contribution in [1.82, 2.24) is 4.98 Å². The van der Waals surface area contributed by atoms with Gasteiger partial charge in [0.2, 0.25) is 0 Å². The Bertz CT molecular complexity index is 511. The number of aldehydes is 1. The summed E-state index contributed by atoms with van der Waals surface area (Å²) in [5, 5.41) is 9.56. The van der Waals surface area contributed by atoms with Gasteiger partial charge < -0.3 is 10.1 Å². The van der Waals surface area contributed by atoms with Gasteiger partial charge >= 0.3 is 0 Å². The van der Waals surface area contributed by atoms with Crippen LogP contribution in [0.2, 0.25) is 0 Å². The van der Waals surface area contributed by atoms with Crippen LogP contribution in [0, 0.1) is 0 Å². The summed E-state index contributed by atoms with van der Waals surface area (Å²) in [5.74, 6) is 0. The first-order valence-electron chi connectivity index (χ1n) is 4.69. The molecule has 0 unspecified atom stereocenters. The summed E-state index contributed by atoms with van der Waals surface area (Å²) in [4.78, 5) is 13.7. The number of aliphatic hydroxyl groups is 1. The SMILES string of the molecule is O=Cc1c[nH]c2ccc(C=CCO)cc12. The zero-order valence-electron chi connectivity index (χ0n) is 8.10. The van der Waals surface area contributed by atoms with Gasteiger partial charge in [-0.25, -0.2) is 0 Å². The van der Waals surface area contributed by atoms with E-state index in [0.29, 0.717) is 5.56 Å². The van der Waals surface area contributed by atoms with Crippen LogP contribution in [0.3, 0.4) is 0 Å². The molecule has 2 rings (SSSR count). The zero-order chi connectivity index (χ0) is 10.7. The summed E-state index contributed by atoms with van der Waals surface area (Å²) >= 11 is 0. The molecule has 1 heterocycles. The Morgan fingerprint density at radius 2 is 2.27 bits per heavy atom. The number of rotatable bonds is 3. The first-order chi connectivity index (χ1) is 7.35. The molecule has 3 nitrogen and oxygen atoms in total. The van der Waals surface area contributed by atoms with Crippen LogP contribution in [0.1, 0.15) is 15.9 Å². The standard InChI is InChI=1S/C12H11NO2/c14-5-1-2-9-3-4-12-11(6-9)10(8-15)7-13-12/h1-4,6-8,13-14H,5H2. The van der Waals surface area contributed by atoms with E-state index in [1.807, 2.05) is 24.3 Å². The number of carbonyl (C=O) groups is 1. The second-order valence-corrected chi connectivity index (χ2v) is 3.25. The molecular weight excluding hydrogens is 190 g/mol. The lowest BCUT2D eigenvalue weighted by molar-refractivity contribution is 0.112. The number of benzene rings is 1. The second kappa shape index (κ2) is 4.11. The minimum atomic E-state index is 0.0196. The third-order valence-corrected chi connectivity index (χ3v) is 2.28. The lowest BCUT2D eigenvalue weighted by Crippen LogP contribution is -1.78. The average molecular weight is 201 g/mol. The highest BCUT2D eigenvalue weighted by Gasteiger charge is 2.01. The predicted octanol–water partition coefficient (Wildman–Crippen LogP) is 1.99. The van der Waals surface area contributed by atoms with E-state index in [1.165, 1.54) is 0 Å². The van der Waals surface area contributed by atoms with Crippen molar-refractivity contribution in [3.05, 3.63) is 41.6 Å². The number of carbonyl (C=O) groups excluding carboxylic acids is 1. The van der Waals surface area contributed by atoms with E-state index in [9.17, 15) is 4.79 Å². The van der Waals surface area contributed by atoms with Crippen LogP contribution in [0.25, 0.3) is 17.0 Å². The minimum absolute atomic E-state index is 0.0196. The Balaban J connectivity index is 2.52. The van der Waals surface area contributed by atoms with Crippen molar-refractivity contribution < 1.29 is 9.90 Å². The van der Waals surface area contributed by atoms with Gasteiger partial charge in [-0.05, 0) is 17.7 Å². The topological polar surface area (TPSA) is 53.1 Å². The van der Waals surface area contributed by atoms with Crippen LogP contribution in [0.4, 0.5) is 0 Å². The molecule has 0 amide bonds. The molecule has 2 N–H and O–H groups in total. The summed E-state index contributed by atoms with van der Waals surface area (Å²) < 4.78 is 0. The lowest BCUT2D eigenvalue weighted by Gasteiger charge is -1.95. The smallest absolute Gasteiger partial charge is 0.152 e. The molecule has 0 atom stereocenters. The number of hydrogen-bond donors (Lipinski definition) is 2. The number of aromatic nitrogens is 1. The molecule has 0 radical (unpaired) electrons. The van der Waals surface area contributed by atoms with Crippen molar-refractivity contribution in [3.8, 4) is 0 Å². The number of aromatic amines is 1. The van der Waals surface area contributed by atoms with Gasteiger partial charge in [-0.15, -0.1) is 0 Å². The predicted molar refractivity (Wildman–Crippen MR) is 59.8 cm³/mol. The number of fused-ring (bicyclic) bond motifs is 1. The van der Waals surface area contributed by atoms with Crippen molar-refractivity contribution in [2.45, 2.75) is 0 Å². The van der Waals surface area contributed by atoms with E-state index in [0.717, 1.165) is 22.8 Å². The van der Waals surface area contributed by atoms with Gasteiger partial charge in [-0.3, -0.25) is 4.79 Å². The second-order valence-electron chi connectivity index (χ2n) is 3.25. The number of hydrogen-bond acceptors (Lipinski definition) is 2. The van der Waals surface area contributed by atoms with Gasteiger partial charge in [0.25, 0.3) is 0 Å². The summed E-state index contributed by atoms with van der Waals surface area (Å²) in [5.41, 5.74) is 2.57. The molecule has 0 bridgehead atoms. The molecule has 15 heavy (non-hydrogen) atoms. The molecule has 0 saturated carbocycles. The quantitative estimate of drug-likeness (QED) is 0.746. The van der Waals surface area contributed by atoms with Gasteiger partial charge in [0.05, 0.1) is 6.61 Å². The van der Waals surface area contributed by atoms with Gasteiger partial charge in [0.1, 0.15) is 0 Å². The maximum absolute atomic E-state index is 10.7. The molecule has 76 valence electrons. The Labute approximate surface area is 87.0 Å². The molecule has 0 fully saturated rings. The number of H-pyrrole nitrogens is 1. The van der Waals surface area contributed by atoms with Crippen LogP contribution in [0.5, 0.6) is 0 Å². The van der Waals surface area contributed by atoms with Crippen LogP contribution in [-0.4, -0.2) is 23.0 Å². The summed E-state index contributed by atoms with van der Waals surface area (Å²) in [6.45, 7) is 0.0196. The molecule has 1 aromatic carbocycles. The van der Waals surface area contributed by atoms with Crippen molar-refractivity contribution in [2.24, 2.45) is 0 Å². The van der Waals surface area contributed by atoms with Crippen molar-refractivity contribution in [1.29, 1.82) is 0 Å². The lowest BCUT2D eigenvalue weighted by atomic mass is 10.1. The largest absolute Gasteiger partial charge is 0.392 e. The maximum Gasteiger partial charge on any atom is 0.152 e. The van der Waals surface area contributed by atoms with Crippen molar-refractivity contribution in [3.63, 3.8) is 0 Å². The van der Waals surface area contributed by atoms with E-state index in [1.54, 1.807) is 12.3 Å². The third kappa shape index (κ3) is 1.82. The normalized spacial score (nSPS) is 11.3. The highest BCUT2D eigenvalue weighted by atomic mass is 16.2. The molecule has 3 heteroatoms. The summed E-state index contributed by atoms with van der Waals surface area (Å²) in [6, 6.07) is 5.76. The molecule has 0 spiro atoms. The van der Waals surface area contributed by atoms with Crippen LogP contribution >= 0.6 is 0 Å². The molecular formula is C12H11NO2. The van der Waals surface area contributed by atoms with Crippen LogP contribution < -0.4 is 0 Å². The Morgan fingerprint density at radius 1 is 1.40 bits per heavy atom. The molecule has 2 aromatic rings. The first-order valence-corrected chi connectivity index (χ1v) is 4.69. The van der Waals surface area contributed by atoms with E-state index >= 15 is 0 Å². The van der Waals surface area contributed by atoms with E-state index in [2.05, 4.69) is 4.98 Å². The van der Waals surface area contributed by atoms with Crippen LogP contribution in [0.15, 0.2) is 30.5 Å². The molecule has 0 saturated heterocycles. The minimum Gasteiger partial charge on any atom is -0.392 e. The van der Waals surface area contributed by atoms with Gasteiger partial charge in [-0.1, -0.05) is 18.2 Å². The number of aliphatic hydroxyl groups excluding tert-OH is 1. The van der Waals surface area contributed by atoms with Gasteiger partial charge in [0.15, 0.2) is 6.29 Å². The van der Waals surface area contributed by atoms with Crippen molar-refractivity contribution in [2.75, 3.05) is 6.61 Å². The highest BCUT2D eigenvalue weighted by molar-refractivity contribution is 5.98. The number of nitrogens with one attached hydrogen (secondary N) is 1. The van der Waals surface area contributed by atoms with Gasteiger partial charge in [-0.2, -0.15) is 0 Å². The fraction of sp³-hybridized carbons (Fsp3) is 0.0833.